The fourth-order valence-corrected chi connectivity index (χ4v) is 2.06. The van der Waals surface area contributed by atoms with Crippen LogP contribution in [0.5, 0.6) is 0 Å². The van der Waals surface area contributed by atoms with Crippen LogP contribution in [0, 0.1) is 11.6 Å². The summed E-state index contributed by atoms with van der Waals surface area (Å²) in [5.41, 5.74) is 0.369. The van der Waals surface area contributed by atoms with Gasteiger partial charge in [0.05, 0.1) is 6.61 Å². The summed E-state index contributed by atoms with van der Waals surface area (Å²) >= 11 is 0. The van der Waals surface area contributed by atoms with Crippen molar-refractivity contribution < 1.29 is 26.4 Å². The van der Waals surface area contributed by atoms with Crippen molar-refractivity contribution >= 4 is 9.53 Å². The van der Waals surface area contributed by atoms with Gasteiger partial charge in [-0.25, -0.2) is 13.2 Å². The van der Waals surface area contributed by atoms with Crippen LogP contribution in [0.2, 0.25) is 0 Å². The SMILES string of the molecule is CO[Si](OC)OCC(F)Cc1ccc(F)c(F)c1. The summed E-state index contributed by atoms with van der Waals surface area (Å²) < 4.78 is 53.7. The lowest BCUT2D eigenvalue weighted by Crippen LogP contribution is -2.28. The van der Waals surface area contributed by atoms with E-state index in [4.69, 9.17) is 13.3 Å². The molecule has 0 aromatic heterocycles. The molecule has 0 spiro atoms. The van der Waals surface area contributed by atoms with Crippen molar-refractivity contribution in [1.82, 2.24) is 0 Å². The number of alkyl halides is 1. The number of halogens is 3. The van der Waals surface area contributed by atoms with E-state index in [9.17, 15) is 13.2 Å². The molecule has 7 heteroatoms. The van der Waals surface area contributed by atoms with Crippen molar-refractivity contribution in [2.75, 3.05) is 20.8 Å². The van der Waals surface area contributed by atoms with E-state index in [1.807, 2.05) is 0 Å². The molecule has 0 bridgehead atoms. The van der Waals surface area contributed by atoms with Crippen LogP contribution in [0.15, 0.2) is 18.2 Å². The third kappa shape index (κ3) is 4.77. The molecule has 0 aliphatic rings. The summed E-state index contributed by atoms with van der Waals surface area (Å²) in [7, 11) is 0.908. The minimum atomic E-state index is -1.90. The Morgan fingerprint density at radius 1 is 1.17 bits per heavy atom. The highest BCUT2D eigenvalue weighted by molar-refractivity contribution is 6.36. The zero-order valence-electron chi connectivity index (χ0n) is 10.1. The van der Waals surface area contributed by atoms with Gasteiger partial charge in [-0.1, -0.05) is 6.07 Å². The molecule has 0 aliphatic heterocycles. The van der Waals surface area contributed by atoms with E-state index in [0.29, 0.717) is 5.56 Å². The first-order chi connectivity index (χ1) is 8.56. The van der Waals surface area contributed by atoms with E-state index >= 15 is 0 Å². The first kappa shape index (κ1) is 15.2. The van der Waals surface area contributed by atoms with Crippen LogP contribution in [-0.2, 0) is 19.7 Å². The maximum Gasteiger partial charge on any atom is 0.577 e. The van der Waals surface area contributed by atoms with Crippen molar-refractivity contribution in [1.29, 1.82) is 0 Å². The van der Waals surface area contributed by atoms with Crippen LogP contribution in [0.1, 0.15) is 5.56 Å². The Kier molecular flexibility index (Phi) is 6.34. The molecule has 1 aromatic carbocycles. The van der Waals surface area contributed by atoms with E-state index in [0.717, 1.165) is 12.1 Å². The number of hydrogen-bond acceptors (Lipinski definition) is 3. The van der Waals surface area contributed by atoms with Gasteiger partial charge in [0.25, 0.3) is 0 Å². The van der Waals surface area contributed by atoms with E-state index in [-0.39, 0.29) is 13.0 Å². The molecule has 1 aromatic rings. The lowest BCUT2D eigenvalue weighted by atomic mass is 10.1. The Labute approximate surface area is 105 Å². The Balaban J connectivity index is 2.44. The molecule has 0 N–H and O–H groups in total. The van der Waals surface area contributed by atoms with E-state index in [1.165, 1.54) is 20.3 Å². The molecule has 18 heavy (non-hydrogen) atoms. The second-order valence-corrected chi connectivity index (χ2v) is 5.12. The fourth-order valence-electron chi connectivity index (χ4n) is 1.34. The van der Waals surface area contributed by atoms with Crippen molar-refractivity contribution in [3.8, 4) is 0 Å². The van der Waals surface area contributed by atoms with Gasteiger partial charge < -0.3 is 13.3 Å². The maximum absolute atomic E-state index is 13.5. The molecule has 101 valence electrons. The zero-order chi connectivity index (χ0) is 13.5. The van der Waals surface area contributed by atoms with Crippen molar-refractivity contribution in [2.45, 2.75) is 12.6 Å². The molecule has 0 fully saturated rings. The summed E-state index contributed by atoms with van der Waals surface area (Å²) in [4.78, 5) is 0. The van der Waals surface area contributed by atoms with Gasteiger partial charge in [-0.15, -0.1) is 0 Å². The Morgan fingerprint density at radius 2 is 1.83 bits per heavy atom. The van der Waals surface area contributed by atoms with Gasteiger partial charge in [0.15, 0.2) is 11.6 Å². The van der Waals surface area contributed by atoms with E-state index in [1.54, 1.807) is 0 Å². The van der Waals surface area contributed by atoms with Gasteiger partial charge in [-0.05, 0) is 17.7 Å². The molecule has 1 radical (unpaired) electrons. The fraction of sp³-hybridized carbons (Fsp3) is 0.455. The third-order valence-corrected chi connectivity index (χ3v) is 3.23. The normalized spacial score (nSPS) is 13.0. The topological polar surface area (TPSA) is 27.7 Å². The Bertz CT molecular complexity index is 375. The van der Waals surface area contributed by atoms with Gasteiger partial charge in [0.2, 0.25) is 0 Å². The van der Waals surface area contributed by atoms with Crippen molar-refractivity contribution in [3.05, 3.63) is 35.4 Å². The summed E-state index contributed by atoms with van der Waals surface area (Å²) in [5.74, 6) is -1.94. The number of benzene rings is 1. The zero-order valence-corrected chi connectivity index (χ0v) is 11.1. The largest absolute Gasteiger partial charge is 0.577 e. The minimum Gasteiger partial charge on any atom is -0.375 e. The molecular formula is C11H14F3O3Si. The van der Waals surface area contributed by atoms with Gasteiger partial charge in [0, 0.05) is 20.6 Å². The maximum atomic E-state index is 13.5. The van der Waals surface area contributed by atoms with Crippen LogP contribution < -0.4 is 0 Å². The van der Waals surface area contributed by atoms with E-state index in [2.05, 4.69) is 0 Å². The van der Waals surface area contributed by atoms with E-state index < -0.39 is 27.3 Å². The quantitative estimate of drug-likeness (QED) is 0.716. The lowest BCUT2D eigenvalue weighted by molar-refractivity contribution is 0.101. The highest BCUT2D eigenvalue weighted by Gasteiger charge is 2.18. The van der Waals surface area contributed by atoms with Crippen LogP contribution >= 0.6 is 0 Å². The summed E-state index contributed by atoms with van der Waals surface area (Å²) in [6.07, 6.45) is -1.39. The standard InChI is InChI=1S/C11H14F3O3Si/c1-15-18(16-2)17-7-9(12)5-8-3-4-10(13)11(14)6-8/h3-4,6,9H,5,7H2,1-2H3. The van der Waals surface area contributed by atoms with Crippen molar-refractivity contribution in [2.24, 2.45) is 0 Å². The summed E-state index contributed by atoms with van der Waals surface area (Å²) in [6.45, 7) is -0.213. The van der Waals surface area contributed by atoms with Crippen LogP contribution in [0.3, 0.4) is 0 Å². The lowest BCUT2D eigenvalue weighted by Gasteiger charge is -2.12. The second kappa shape index (κ2) is 7.52. The van der Waals surface area contributed by atoms with Gasteiger partial charge >= 0.3 is 9.53 Å². The predicted molar refractivity (Wildman–Crippen MR) is 60.7 cm³/mol. The van der Waals surface area contributed by atoms with Gasteiger partial charge in [-0.2, -0.15) is 0 Å². The van der Waals surface area contributed by atoms with Crippen LogP contribution in [0.4, 0.5) is 13.2 Å². The molecule has 0 aliphatic carbocycles. The number of hydrogen-bond donors (Lipinski definition) is 0. The first-order valence-corrected chi connectivity index (χ1v) is 6.45. The molecular weight excluding hydrogens is 265 g/mol. The molecule has 1 unspecified atom stereocenters. The van der Waals surface area contributed by atoms with Crippen molar-refractivity contribution in [3.63, 3.8) is 0 Å². The minimum absolute atomic E-state index is 0.0558. The summed E-state index contributed by atoms with van der Waals surface area (Å²) in [6, 6.07) is 3.28. The molecule has 0 amide bonds. The van der Waals surface area contributed by atoms with Gasteiger partial charge in [-0.3, -0.25) is 0 Å². The molecule has 1 atom stereocenters. The summed E-state index contributed by atoms with van der Waals surface area (Å²) in [5, 5.41) is 0. The Hall–Kier alpha value is -0.893. The molecule has 0 saturated carbocycles. The molecule has 0 heterocycles. The third-order valence-electron chi connectivity index (χ3n) is 2.16. The van der Waals surface area contributed by atoms with Crippen LogP contribution in [0.25, 0.3) is 0 Å². The van der Waals surface area contributed by atoms with Gasteiger partial charge in [0.1, 0.15) is 6.17 Å². The molecule has 3 nitrogen and oxygen atoms in total. The highest BCUT2D eigenvalue weighted by Crippen LogP contribution is 2.12. The average molecular weight is 279 g/mol. The average Bonchev–Trinajstić information content (AvgIpc) is 2.35. The second-order valence-electron chi connectivity index (χ2n) is 3.52. The Morgan fingerprint density at radius 3 is 2.39 bits per heavy atom. The number of rotatable bonds is 7. The molecule has 0 saturated heterocycles. The molecule has 1 rings (SSSR count). The highest BCUT2D eigenvalue weighted by atomic mass is 28.3. The monoisotopic (exact) mass is 279 g/mol. The predicted octanol–water partition coefficient (Wildman–Crippen LogP) is 2.14. The first-order valence-electron chi connectivity index (χ1n) is 5.22. The van der Waals surface area contributed by atoms with Crippen LogP contribution in [-0.4, -0.2) is 36.5 Å². The smallest absolute Gasteiger partial charge is 0.375 e.